The van der Waals surface area contributed by atoms with E-state index in [0.29, 0.717) is 35.4 Å². The van der Waals surface area contributed by atoms with Gasteiger partial charge in [0.1, 0.15) is 18.2 Å². The standard InChI is InChI=1S/C29H29N9O3/c1-16-5-7-31-26(33-16)21-11-22(21)28(40)35-24-10-19(6-8-30-24)32-12-20-14-37-13-18(17-3-4-17)9-23(27(37)34-20)38-15-25(39)36(2)29(38)41/h5-10,13-14,17,21-22H,3-4,11-12,15H2,1-2H3,(H2,30,32,35,40). The second-order valence-electron chi connectivity index (χ2n) is 11.0. The van der Waals surface area contributed by atoms with E-state index in [1.165, 1.54) is 11.9 Å². The molecule has 3 aliphatic rings. The van der Waals surface area contributed by atoms with Crippen molar-refractivity contribution in [2.24, 2.45) is 5.92 Å². The van der Waals surface area contributed by atoms with Gasteiger partial charge in [-0.3, -0.25) is 19.4 Å². The zero-order valence-corrected chi connectivity index (χ0v) is 22.7. The van der Waals surface area contributed by atoms with Crippen LogP contribution < -0.4 is 15.5 Å². The Bertz CT molecular complexity index is 1710. The van der Waals surface area contributed by atoms with Gasteiger partial charge >= 0.3 is 6.03 Å². The van der Waals surface area contributed by atoms with Crippen LogP contribution in [0, 0.1) is 12.8 Å². The first-order chi connectivity index (χ1) is 19.8. The van der Waals surface area contributed by atoms with E-state index in [9.17, 15) is 14.4 Å². The average Bonchev–Trinajstić information content (AvgIpc) is 3.89. The maximum Gasteiger partial charge on any atom is 0.331 e. The van der Waals surface area contributed by atoms with Gasteiger partial charge in [-0.1, -0.05) is 0 Å². The third-order valence-corrected chi connectivity index (χ3v) is 7.88. The molecule has 0 aromatic carbocycles. The molecule has 2 atom stereocenters. The number of anilines is 3. The summed E-state index contributed by atoms with van der Waals surface area (Å²) in [6, 6.07) is 7.11. The van der Waals surface area contributed by atoms with E-state index in [2.05, 4.69) is 31.8 Å². The van der Waals surface area contributed by atoms with E-state index in [-0.39, 0.29) is 36.2 Å². The zero-order valence-electron chi connectivity index (χ0n) is 22.7. The second-order valence-corrected chi connectivity index (χ2v) is 11.0. The highest BCUT2D eigenvalue weighted by molar-refractivity contribution is 6.13. The lowest BCUT2D eigenvalue weighted by molar-refractivity contribution is -0.124. The number of imide groups is 1. The number of hydrogen-bond donors (Lipinski definition) is 2. The lowest BCUT2D eigenvalue weighted by Crippen LogP contribution is -2.30. The maximum atomic E-state index is 12.8. The summed E-state index contributed by atoms with van der Waals surface area (Å²) in [5, 5.41) is 6.27. The summed E-state index contributed by atoms with van der Waals surface area (Å²) in [5.74, 6) is 1.18. The van der Waals surface area contributed by atoms with Gasteiger partial charge in [-0.2, -0.15) is 0 Å². The summed E-state index contributed by atoms with van der Waals surface area (Å²) >= 11 is 0. The molecule has 2 aliphatic carbocycles. The average molecular weight is 552 g/mol. The van der Waals surface area contributed by atoms with Gasteiger partial charge in [-0.15, -0.1) is 0 Å². The topological polar surface area (TPSA) is 138 Å². The quantitative estimate of drug-likeness (QED) is 0.318. The largest absolute Gasteiger partial charge is 0.379 e. The number of amides is 4. The summed E-state index contributed by atoms with van der Waals surface area (Å²) in [6.45, 7) is 2.33. The van der Waals surface area contributed by atoms with Crippen LogP contribution in [-0.4, -0.2) is 60.7 Å². The van der Waals surface area contributed by atoms with Crippen molar-refractivity contribution in [2.75, 3.05) is 29.1 Å². The van der Waals surface area contributed by atoms with Crippen molar-refractivity contribution in [3.63, 3.8) is 0 Å². The van der Waals surface area contributed by atoms with Gasteiger partial charge in [-0.05, 0) is 55.9 Å². The van der Waals surface area contributed by atoms with Crippen molar-refractivity contribution in [3.8, 4) is 0 Å². The molecule has 3 fully saturated rings. The first-order valence-electron chi connectivity index (χ1n) is 13.7. The van der Waals surface area contributed by atoms with Gasteiger partial charge < -0.3 is 15.0 Å². The molecule has 12 nitrogen and oxygen atoms in total. The van der Waals surface area contributed by atoms with Gasteiger partial charge in [0.05, 0.1) is 17.9 Å². The minimum absolute atomic E-state index is 0.00465. The number of hydrogen-bond acceptors (Lipinski definition) is 8. The number of likely N-dealkylation sites (N-methyl/N-ethyl adjacent to an activating group) is 1. The van der Waals surface area contributed by atoms with Crippen LogP contribution in [0.1, 0.15) is 53.9 Å². The summed E-state index contributed by atoms with van der Waals surface area (Å²) in [7, 11) is 1.50. The van der Waals surface area contributed by atoms with Crippen LogP contribution in [0.4, 0.5) is 22.0 Å². The fourth-order valence-electron chi connectivity index (χ4n) is 5.30. The molecule has 4 aromatic rings. The first kappa shape index (κ1) is 25.1. The zero-order chi connectivity index (χ0) is 28.2. The van der Waals surface area contributed by atoms with Crippen LogP contribution in [0.15, 0.2) is 49.1 Å². The van der Waals surface area contributed by atoms with E-state index < -0.39 is 0 Å². The molecule has 4 amide bonds. The molecular formula is C29H29N9O3. The molecule has 41 heavy (non-hydrogen) atoms. The van der Waals surface area contributed by atoms with Crippen molar-refractivity contribution in [2.45, 2.75) is 44.6 Å². The fourth-order valence-corrected chi connectivity index (χ4v) is 5.30. The molecule has 4 aromatic heterocycles. The van der Waals surface area contributed by atoms with E-state index in [1.807, 2.05) is 35.7 Å². The predicted octanol–water partition coefficient (Wildman–Crippen LogP) is 3.46. The number of urea groups is 1. The highest BCUT2D eigenvalue weighted by atomic mass is 16.2. The fraction of sp³-hybridized carbons (Fsp3) is 0.345. The monoisotopic (exact) mass is 551 g/mol. The first-order valence-corrected chi connectivity index (χ1v) is 13.7. The molecule has 2 unspecified atom stereocenters. The van der Waals surface area contributed by atoms with E-state index in [0.717, 1.165) is 46.8 Å². The van der Waals surface area contributed by atoms with Gasteiger partial charge in [0, 0.05) is 61.1 Å². The third kappa shape index (κ3) is 4.85. The Morgan fingerprint density at radius 3 is 2.66 bits per heavy atom. The van der Waals surface area contributed by atoms with Crippen LogP contribution in [0.2, 0.25) is 0 Å². The van der Waals surface area contributed by atoms with Crippen LogP contribution in [0.3, 0.4) is 0 Å². The van der Waals surface area contributed by atoms with Crippen LogP contribution in [0.25, 0.3) is 5.65 Å². The normalized spacial score (nSPS) is 20.1. The second kappa shape index (κ2) is 9.65. The van der Waals surface area contributed by atoms with Crippen molar-refractivity contribution < 1.29 is 14.4 Å². The van der Waals surface area contributed by atoms with Crippen molar-refractivity contribution >= 4 is 40.7 Å². The van der Waals surface area contributed by atoms with Crippen molar-refractivity contribution in [1.29, 1.82) is 0 Å². The summed E-state index contributed by atoms with van der Waals surface area (Å²) in [5.41, 5.74) is 4.85. The van der Waals surface area contributed by atoms with Gasteiger partial charge in [0.2, 0.25) is 11.8 Å². The molecule has 5 heterocycles. The lowest BCUT2D eigenvalue weighted by Gasteiger charge is -2.17. The Morgan fingerprint density at radius 1 is 1.07 bits per heavy atom. The molecule has 1 saturated heterocycles. The number of fused-ring (bicyclic) bond motifs is 1. The number of aromatic nitrogens is 5. The molecular weight excluding hydrogens is 522 g/mol. The molecule has 12 heteroatoms. The number of pyridine rings is 2. The summed E-state index contributed by atoms with van der Waals surface area (Å²) in [4.78, 5) is 58.3. The maximum absolute atomic E-state index is 12.8. The number of aryl methyl sites for hydroxylation is 1. The van der Waals surface area contributed by atoms with Crippen LogP contribution in [-0.2, 0) is 16.1 Å². The van der Waals surface area contributed by atoms with Crippen LogP contribution in [0.5, 0.6) is 0 Å². The molecule has 1 aliphatic heterocycles. The van der Waals surface area contributed by atoms with E-state index in [1.54, 1.807) is 18.5 Å². The Hall–Kier alpha value is -4.87. The van der Waals surface area contributed by atoms with Gasteiger partial charge in [0.25, 0.3) is 0 Å². The third-order valence-electron chi connectivity index (χ3n) is 7.88. The highest BCUT2D eigenvalue weighted by Gasteiger charge is 2.46. The van der Waals surface area contributed by atoms with E-state index >= 15 is 0 Å². The number of carbonyl (C=O) groups excluding carboxylic acids is 3. The van der Waals surface area contributed by atoms with Crippen LogP contribution >= 0.6 is 0 Å². The SMILES string of the molecule is Cc1ccnc(C2CC2C(=O)Nc2cc(NCc3cn4cc(C5CC5)cc(N5CC(=O)N(C)C5=O)c4n3)ccn2)n1. The summed E-state index contributed by atoms with van der Waals surface area (Å²) in [6.07, 6.45) is 10.3. The van der Waals surface area contributed by atoms with Gasteiger partial charge in [0.15, 0.2) is 5.65 Å². The molecule has 7 rings (SSSR count). The Balaban J connectivity index is 1.05. The highest BCUT2D eigenvalue weighted by Crippen LogP contribution is 2.46. The minimum Gasteiger partial charge on any atom is -0.379 e. The number of carbonyl (C=O) groups is 3. The lowest BCUT2D eigenvalue weighted by atomic mass is 10.1. The Kier molecular flexibility index (Phi) is 5.91. The summed E-state index contributed by atoms with van der Waals surface area (Å²) < 4.78 is 1.94. The molecule has 0 bridgehead atoms. The molecule has 0 spiro atoms. The smallest absolute Gasteiger partial charge is 0.331 e. The molecule has 208 valence electrons. The molecule has 2 N–H and O–H groups in total. The number of nitrogens with zero attached hydrogens (tertiary/aromatic N) is 7. The minimum atomic E-state index is -0.345. The number of nitrogens with one attached hydrogen (secondary N) is 2. The Labute approximate surface area is 235 Å². The van der Waals surface area contributed by atoms with Gasteiger partial charge in [-0.25, -0.2) is 24.7 Å². The van der Waals surface area contributed by atoms with E-state index in [4.69, 9.17) is 4.98 Å². The molecule has 2 saturated carbocycles. The van der Waals surface area contributed by atoms with Crippen molar-refractivity contribution in [1.82, 2.24) is 29.2 Å². The molecule has 0 radical (unpaired) electrons. The Morgan fingerprint density at radius 2 is 1.90 bits per heavy atom. The van der Waals surface area contributed by atoms with Crippen molar-refractivity contribution in [3.05, 3.63) is 71.8 Å². The number of imidazole rings is 1. The predicted molar refractivity (Wildman–Crippen MR) is 150 cm³/mol. The number of rotatable bonds is 8.